The number of allylic oxidation sites excluding steroid dienone is 3. The van der Waals surface area contributed by atoms with Gasteiger partial charge in [0.25, 0.3) is 5.91 Å². The van der Waals surface area contributed by atoms with E-state index < -0.39 is 0 Å². The minimum atomic E-state index is -0.215. The second kappa shape index (κ2) is 11.7. The predicted octanol–water partition coefficient (Wildman–Crippen LogP) is 7.09. The van der Waals surface area contributed by atoms with Crippen molar-refractivity contribution in [2.45, 2.75) is 65.4 Å². The Morgan fingerprint density at radius 3 is 2.50 bits per heavy atom. The Hall–Kier alpha value is -3.25. The summed E-state index contributed by atoms with van der Waals surface area (Å²) in [6.45, 7) is 8.86. The summed E-state index contributed by atoms with van der Waals surface area (Å²) >= 11 is 0. The molecule has 1 amide bonds. The zero-order chi connectivity index (χ0) is 26.5. The number of phenols is 2. The van der Waals surface area contributed by atoms with Crippen molar-refractivity contribution in [1.29, 1.82) is 0 Å². The molecule has 0 fully saturated rings. The van der Waals surface area contributed by atoms with Crippen LogP contribution in [0, 0.1) is 0 Å². The molecule has 0 bridgehead atoms. The normalized spacial score (nSPS) is 15.2. The maximum absolute atomic E-state index is 13.6. The summed E-state index contributed by atoms with van der Waals surface area (Å²) in [5.41, 5.74) is 4.60. The zero-order valence-electron chi connectivity index (χ0n) is 22.5. The number of para-hydroxylation sites is 1. The molecule has 6 heteroatoms. The van der Waals surface area contributed by atoms with Crippen LogP contribution in [0.1, 0.15) is 70.2 Å². The zero-order valence-corrected chi connectivity index (χ0v) is 22.5. The molecule has 1 heterocycles. The van der Waals surface area contributed by atoms with Crippen LogP contribution in [0.25, 0.3) is 0 Å². The van der Waals surface area contributed by atoms with Gasteiger partial charge in [0.15, 0.2) is 0 Å². The fraction of sp³-hybridized carbons (Fsp3) is 0.433. The maximum atomic E-state index is 13.6. The highest BCUT2D eigenvalue weighted by Crippen LogP contribution is 2.44. The molecule has 1 unspecified atom stereocenters. The van der Waals surface area contributed by atoms with Gasteiger partial charge >= 0.3 is 0 Å². The van der Waals surface area contributed by atoms with Crippen molar-refractivity contribution >= 4 is 23.0 Å². The summed E-state index contributed by atoms with van der Waals surface area (Å²) < 4.78 is 5.84. The monoisotopic (exact) mass is 492 g/mol. The Morgan fingerprint density at radius 2 is 1.81 bits per heavy atom. The third-order valence-corrected chi connectivity index (χ3v) is 7.05. The van der Waals surface area contributed by atoms with Crippen molar-refractivity contribution in [3.8, 4) is 11.5 Å². The molecular formula is C30H40N2O4. The first-order valence-electron chi connectivity index (χ1n) is 12.6. The highest BCUT2D eigenvalue weighted by Gasteiger charge is 2.31. The van der Waals surface area contributed by atoms with Gasteiger partial charge in [0, 0.05) is 26.8 Å². The van der Waals surface area contributed by atoms with Gasteiger partial charge in [0.05, 0.1) is 28.2 Å². The molecule has 0 radical (unpaired) electrons. The van der Waals surface area contributed by atoms with E-state index in [0.717, 1.165) is 37.8 Å². The molecule has 1 atom stereocenters. The van der Waals surface area contributed by atoms with Gasteiger partial charge in [-0.15, -0.1) is 0 Å². The number of hydrogen-bond acceptors (Lipinski definition) is 5. The molecule has 1 aliphatic rings. The minimum absolute atomic E-state index is 0.0433. The van der Waals surface area contributed by atoms with E-state index in [9.17, 15) is 15.0 Å². The Labute approximate surface area is 215 Å². The van der Waals surface area contributed by atoms with E-state index in [1.165, 1.54) is 11.1 Å². The summed E-state index contributed by atoms with van der Waals surface area (Å²) in [5.74, 6) is -0.0862. The molecule has 2 aromatic rings. The van der Waals surface area contributed by atoms with Gasteiger partial charge in [-0.05, 0) is 84.1 Å². The molecule has 6 nitrogen and oxygen atoms in total. The van der Waals surface area contributed by atoms with Crippen LogP contribution in [0.2, 0.25) is 0 Å². The number of aromatic hydroxyl groups is 2. The molecule has 0 saturated heterocycles. The van der Waals surface area contributed by atoms with Gasteiger partial charge in [-0.25, -0.2) is 0 Å². The number of benzene rings is 2. The van der Waals surface area contributed by atoms with Crippen molar-refractivity contribution in [2.75, 3.05) is 30.5 Å². The number of amides is 1. The van der Waals surface area contributed by atoms with E-state index in [4.69, 9.17) is 4.74 Å². The molecule has 3 rings (SSSR count). The Morgan fingerprint density at radius 1 is 1.06 bits per heavy atom. The standard InChI is InChI=1S/C30H40N2O4/c1-21(2)10-8-17-30(4,36-6)18-9-11-22(3)16-19-32-26-20-23(33)14-15-25(26)31(5)28-24(29(32)35)12-7-13-27(28)34/h7,10,12-16,20,33-34H,8-9,11,17-19H2,1-6H3/b22-16+. The number of ether oxygens (including phenoxy) is 1. The first kappa shape index (κ1) is 27.3. The van der Waals surface area contributed by atoms with Crippen molar-refractivity contribution in [3.05, 3.63) is 65.3 Å². The summed E-state index contributed by atoms with van der Waals surface area (Å²) in [7, 11) is 3.60. The topological polar surface area (TPSA) is 73.2 Å². The van der Waals surface area contributed by atoms with Crippen molar-refractivity contribution in [3.63, 3.8) is 0 Å². The van der Waals surface area contributed by atoms with Crippen LogP contribution < -0.4 is 9.80 Å². The molecule has 0 spiro atoms. The molecule has 2 aromatic carbocycles. The van der Waals surface area contributed by atoms with Crippen molar-refractivity contribution < 1.29 is 19.7 Å². The minimum Gasteiger partial charge on any atom is -0.508 e. The highest BCUT2D eigenvalue weighted by atomic mass is 16.5. The lowest BCUT2D eigenvalue weighted by molar-refractivity contribution is -0.00881. The molecule has 36 heavy (non-hydrogen) atoms. The SMILES string of the molecule is COC(C)(CCC=C(C)C)CCC/C(C)=C/CN1C(=O)c2cccc(O)c2N(C)c2ccc(O)cc21. The Bertz CT molecular complexity index is 1150. The number of carbonyl (C=O) groups is 1. The fourth-order valence-corrected chi connectivity index (χ4v) is 4.71. The summed E-state index contributed by atoms with van der Waals surface area (Å²) in [6, 6.07) is 9.95. The van der Waals surface area contributed by atoms with Crippen LogP contribution in [0.3, 0.4) is 0 Å². The van der Waals surface area contributed by atoms with Crippen LogP contribution in [-0.4, -0.2) is 42.4 Å². The average Bonchev–Trinajstić information content (AvgIpc) is 2.91. The maximum Gasteiger partial charge on any atom is 0.260 e. The first-order valence-corrected chi connectivity index (χ1v) is 12.6. The molecular weight excluding hydrogens is 452 g/mol. The van der Waals surface area contributed by atoms with E-state index in [0.29, 0.717) is 23.5 Å². The van der Waals surface area contributed by atoms with Gasteiger partial charge in [0.2, 0.25) is 0 Å². The molecule has 0 aromatic heterocycles. The van der Waals surface area contributed by atoms with Gasteiger partial charge in [-0.1, -0.05) is 29.4 Å². The summed E-state index contributed by atoms with van der Waals surface area (Å²) in [4.78, 5) is 17.1. The number of fused-ring (bicyclic) bond motifs is 2. The molecule has 2 N–H and O–H groups in total. The lowest BCUT2D eigenvalue weighted by atomic mass is 9.92. The van der Waals surface area contributed by atoms with E-state index in [2.05, 4.69) is 39.8 Å². The van der Waals surface area contributed by atoms with Gasteiger partial charge < -0.3 is 24.7 Å². The van der Waals surface area contributed by atoms with E-state index in [1.807, 2.05) is 7.05 Å². The van der Waals surface area contributed by atoms with Crippen LogP contribution in [-0.2, 0) is 4.74 Å². The average molecular weight is 493 g/mol. The smallest absolute Gasteiger partial charge is 0.260 e. The number of carbonyl (C=O) groups excluding carboxylic acids is 1. The van der Waals surface area contributed by atoms with Crippen LogP contribution in [0.5, 0.6) is 11.5 Å². The molecule has 0 saturated carbocycles. The summed E-state index contributed by atoms with van der Waals surface area (Å²) in [5, 5.41) is 20.7. The first-order chi connectivity index (χ1) is 17.1. The molecule has 194 valence electrons. The van der Waals surface area contributed by atoms with Crippen molar-refractivity contribution in [1.82, 2.24) is 0 Å². The number of phenolic OH excluding ortho intramolecular Hbond substituents is 2. The number of nitrogens with zero attached hydrogens (tertiary/aromatic N) is 2. The van der Waals surface area contributed by atoms with Crippen molar-refractivity contribution in [2.24, 2.45) is 0 Å². The van der Waals surface area contributed by atoms with Crippen LogP contribution in [0.4, 0.5) is 17.1 Å². The van der Waals surface area contributed by atoms with E-state index >= 15 is 0 Å². The Kier molecular flexibility index (Phi) is 8.85. The third-order valence-electron chi connectivity index (χ3n) is 7.05. The largest absolute Gasteiger partial charge is 0.508 e. The van der Waals surface area contributed by atoms with Crippen LogP contribution in [0.15, 0.2) is 59.7 Å². The molecule has 0 aliphatic carbocycles. The third kappa shape index (κ3) is 6.30. The second-order valence-corrected chi connectivity index (χ2v) is 10.2. The van der Waals surface area contributed by atoms with Crippen LogP contribution >= 0.6 is 0 Å². The van der Waals surface area contributed by atoms with E-state index in [1.54, 1.807) is 53.3 Å². The molecule has 1 aliphatic heterocycles. The number of anilines is 3. The Balaban J connectivity index is 1.77. The lowest BCUT2D eigenvalue weighted by Gasteiger charge is -2.28. The fourth-order valence-electron chi connectivity index (χ4n) is 4.71. The van der Waals surface area contributed by atoms with Gasteiger partial charge in [0.1, 0.15) is 11.5 Å². The number of methoxy groups -OCH3 is 1. The number of rotatable bonds is 10. The van der Waals surface area contributed by atoms with Gasteiger partial charge in [-0.2, -0.15) is 0 Å². The lowest BCUT2D eigenvalue weighted by Crippen LogP contribution is -2.30. The number of hydrogen-bond donors (Lipinski definition) is 2. The second-order valence-electron chi connectivity index (χ2n) is 10.2. The summed E-state index contributed by atoms with van der Waals surface area (Å²) in [6.07, 6.45) is 9.19. The highest BCUT2D eigenvalue weighted by molar-refractivity contribution is 6.15. The quantitative estimate of drug-likeness (QED) is 0.346. The van der Waals surface area contributed by atoms with Gasteiger partial charge in [-0.3, -0.25) is 4.79 Å². The van der Waals surface area contributed by atoms with E-state index in [-0.39, 0.29) is 23.0 Å². The predicted molar refractivity (Wildman–Crippen MR) is 148 cm³/mol.